The van der Waals surface area contributed by atoms with Crippen LogP contribution in [0.2, 0.25) is 0 Å². The molecule has 1 fully saturated rings. The molecule has 1 aromatic heterocycles. The molecule has 0 radical (unpaired) electrons. The molecule has 3 rings (SSSR count). The van der Waals surface area contributed by atoms with E-state index >= 15 is 0 Å². The zero-order valence-corrected chi connectivity index (χ0v) is 12.5. The van der Waals surface area contributed by atoms with Gasteiger partial charge in [0.15, 0.2) is 5.82 Å². The maximum atomic E-state index is 14.5. The van der Waals surface area contributed by atoms with Crippen LogP contribution in [-0.2, 0) is 0 Å². The van der Waals surface area contributed by atoms with Crippen LogP contribution in [0.4, 0.5) is 15.8 Å². The number of hydrogen-bond donors (Lipinski definition) is 1. The molecule has 21 heavy (non-hydrogen) atoms. The number of nitrogens with zero attached hydrogens (tertiary/aromatic N) is 2. The van der Waals surface area contributed by atoms with E-state index in [0.717, 1.165) is 37.2 Å². The van der Waals surface area contributed by atoms with Crippen molar-refractivity contribution in [3.63, 3.8) is 0 Å². The van der Waals surface area contributed by atoms with Gasteiger partial charge in [0, 0.05) is 30.4 Å². The van der Waals surface area contributed by atoms with E-state index in [1.54, 1.807) is 6.20 Å². The Morgan fingerprint density at radius 3 is 3.05 bits per heavy atom. The van der Waals surface area contributed by atoms with Gasteiger partial charge >= 0.3 is 0 Å². The number of nitrogen functional groups attached to an aromatic ring is 1. The Morgan fingerprint density at radius 2 is 2.24 bits per heavy atom. The first kappa shape index (κ1) is 14.1. The Labute approximate surface area is 125 Å². The molecule has 0 spiro atoms. The number of nitrogens with two attached hydrogens (primary N) is 1. The SMILES string of the molecule is CCC1CCCN(c2c(F)cc(N)c3cccnc23)CC1. The number of rotatable bonds is 2. The summed E-state index contributed by atoms with van der Waals surface area (Å²) in [7, 11) is 0. The Bertz CT molecular complexity index is 641. The van der Waals surface area contributed by atoms with Crippen molar-refractivity contribution in [2.75, 3.05) is 23.7 Å². The van der Waals surface area contributed by atoms with Crippen molar-refractivity contribution >= 4 is 22.3 Å². The van der Waals surface area contributed by atoms with Gasteiger partial charge in [-0.25, -0.2) is 4.39 Å². The van der Waals surface area contributed by atoms with Gasteiger partial charge in [0.1, 0.15) is 0 Å². The topological polar surface area (TPSA) is 42.1 Å². The third-order valence-corrected chi connectivity index (χ3v) is 4.59. The number of hydrogen-bond acceptors (Lipinski definition) is 3. The quantitative estimate of drug-likeness (QED) is 0.850. The van der Waals surface area contributed by atoms with Crippen molar-refractivity contribution in [3.8, 4) is 0 Å². The van der Waals surface area contributed by atoms with Gasteiger partial charge < -0.3 is 10.6 Å². The average Bonchev–Trinajstić information content (AvgIpc) is 2.73. The summed E-state index contributed by atoms with van der Waals surface area (Å²) >= 11 is 0. The van der Waals surface area contributed by atoms with Gasteiger partial charge in [-0.2, -0.15) is 0 Å². The highest BCUT2D eigenvalue weighted by molar-refractivity contribution is 5.98. The van der Waals surface area contributed by atoms with Crippen LogP contribution in [0.15, 0.2) is 24.4 Å². The van der Waals surface area contributed by atoms with E-state index in [1.807, 2.05) is 12.1 Å². The molecule has 2 aromatic rings. The van der Waals surface area contributed by atoms with E-state index in [1.165, 1.54) is 18.9 Å². The predicted octanol–water partition coefficient (Wildman–Crippen LogP) is 3.97. The van der Waals surface area contributed by atoms with E-state index in [0.29, 0.717) is 16.9 Å². The standard InChI is InChI=1S/C17H22FN3/c1-2-12-5-4-9-21(10-7-12)17-14(18)11-15(19)13-6-3-8-20-16(13)17/h3,6,8,11-12H,2,4-5,7,9-10,19H2,1H3. The molecule has 3 nitrogen and oxygen atoms in total. The summed E-state index contributed by atoms with van der Waals surface area (Å²) in [5, 5.41) is 0.838. The number of halogens is 1. The van der Waals surface area contributed by atoms with E-state index < -0.39 is 0 Å². The van der Waals surface area contributed by atoms with Crippen molar-refractivity contribution in [1.82, 2.24) is 4.98 Å². The zero-order chi connectivity index (χ0) is 14.8. The second kappa shape index (κ2) is 5.88. The third-order valence-electron chi connectivity index (χ3n) is 4.59. The van der Waals surface area contributed by atoms with Gasteiger partial charge in [-0.05, 0) is 43.4 Å². The van der Waals surface area contributed by atoms with Gasteiger partial charge in [-0.3, -0.25) is 4.98 Å². The number of fused-ring (bicyclic) bond motifs is 1. The molecule has 1 aromatic carbocycles. The molecule has 1 atom stereocenters. The van der Waals surface area contributed by atoms with Gasteiger partial charge in [-0.15, -0.1) is 0 Å². The summed E-state index contributed by atoms with van der Waals surface area (Å²) < 4.78 is 14.5. The van der Waals surface area contributed by atoms with Crippen molar-refractivity contribution in [1.29, 1.82) is 0 Å². The normalized spacial score (nSPS) is 19.7. The predicted molar refractivity (Wildman–Crippen MR) is 86.0 cm³/mol. The fourth-order valence-corrected chi connectivity index (χ4v) is 3.32. The number of benzene rings is 1. The number of pyridine rings is 1. The molecule has 112 valence electrons. The minimum Gasteiger partial charge on any atom is -0.398 e. The van der Waals surface area contributed by atoms with Crippen LogP contribution < -0.4 is 10.6 Å². The lowest BCUT2D eigenvalue weighted by Crippen LogP contribution is -2.26. The summed E-state index contributed by atoms with van der Waals surface area (Å²) in [5.74, 6) is 0.500. The van der Waals surface area contributed by atoms with E-state index in [4.69, 9.17) is 5.73 Å². The van der Waals surface area contributed by atoms with Crippen molar-refractivity contribution < 1.29 is 4.39 Å². The van der Waals surface area contributed by atoms with Crippen LogP contribution >= 0.6 is 0 Å². The van der Waals surface area contributed by atoms with Crippen LogP contribution in [0.1, 0.15) is 32.6 Å². The summed E-state index contributed by atoms with van der Waals surface area (Å²) in [5.41, 5.74) is 7.70. The molecule has 4 heteroatoms. The second-order valence-electron chi connectivity index (χ2n) is 5.89. The summed E-state index contributed by atoms with van der Waals surface area (Å²) in [4.78, 5) is 6.54. The van der Waals surface area contributed by atoms with Gasteiger partial charge in [0.05, 0.1) is 11.2 Å². The Balaban J connectivity index is 2.03. The summed E-state index contributed by atoms with van der Waals surface area (Å²) in [6.07, 6.45) is 6.37. The molecular weight excluding hydrogens is 265 g/mol. The van der Waals surface area contributed by atoms with Crippen LogP contribution in [0, 0.1) is 11.7 Å². The molecule has 1 unspecified atom stereocenters. The highest BCUT2D eigenvalue weighted by Crippen LogP contribution is 2.34. The van der Waals surface area contributed by atoms with Crippen LogP contribution in [0.3, 0.4) is 0 Å². The summed E-state index contributed by atoms with van der Waals surface area (Å²) in [6, 6.07) is 5.19. The maximum Gasteiger partial charge on any atom is 0.150 e. The lowest BCUT2D eigenvalue weighted by Gasteiger charge is -2.25. The average molecular weight is 287 g/mol. The smallest absolute Gasteiger partial charge is 0.150 e. The molecule has 0 amide bonds. The Kier molecular flexibility index (Phi) is 3.95. The van der Waals surface area contributed by atoms with Gasteiger partial charge in [0.25, 0.3) is 0 Å². The number of aromatic nitrogens is 1. The lowest BCUT2D eigenvalue weighted by molar-refractivity contribution is 0.459. The third kappa shape index (κ3) is 2.67. The van der Waals surface area contributed by atoms with E-state index in [2.05, 4.69) is 16.8 Å². The molecule has 2 N–H and O–H groups in total. The minimum atomic E-state index is -0.256. The first-order chi connectivity index (χ1) is 10.2. The molecule has 0 bridgehead atoms. The fourth-order valence-electron chi connectivity index (χ4n) is 3.32. The monoisotopic (exact) mass is 287 g/mol. The molecule has 0 saturated carbocycles. The van der Waals surface area contributed by atoms with Crippen LogP contribution in [-0.4, -0.2) is 18.1 Å². The van der Waals surface area contributed by atoms with Crippen molar-refractivity contribution in [2.24, 2.45) is 5.92 Å². The maximum absolute atomic E-state index is 14.5. The first-order valence-electron chi connectivity index (χ1n) is 7.78. The van der Waals surface area contributed by atoms with Gasteiger partial charge in [-0.1, -0.05) is 13.3 Å². The fraction of sp³-hybridized carbons (Fsp3) is 0.471. The van der Waals surface area contributed by atoms with E-state index in [-0.39, 0.29) is 5.82 Å². The minimum absolute atomic E-state index is 0.256. The van der Waals surface area contributed by atoms with Crippen LogP contribution in [0.25, 0.3) is 10.9 Å². The first-order valence-corrected chi connectivity index (χ1v) is 7.78. The lowest BCUT2D eigenvalue weighted by atomic mass is 9.98. The molecule has 1 saturated heterocycles. The van der Waals surface area contributed by atoms with Crippen LogP contribution in [0.5, 0.6) is 0 Å². The van der Waals surface area contributed by atoms with E-state index in [9.17, 15) is 4.39 Å². The zero-order valence-electron chi connectivity index (χ0n) is 12.5. The Hall–Kier alpha value is -1.84. The highest BCUT2D eigenvalue weighted by atomic mass is 19.1. The molecule has 2 heterocycles. The van der Waals surface area contributed by atoms with Crippen molar-refractivity contribution in [2.45, 2.75) is 32.6 Å². The largest absolute Gasteiger partial charge is 0.398 e. The second-order valence-corrected chi connectivity index (χ2v) is 5.89. The highest BCUT2D eigenvalue weighted by Gasteiger charge is 2.21. The number of anilines is 2. The summed E-state index contributed by atoms with van der Waals surface area (Å²) in [6.45, 7) is 4.02. The molecule has 1 aliphatic heterocycles. The van der Waals surface area contributed by atoms with Crippen molar-refractivity contribution in [3.05, 3.63) is 30.2 Å². The van der Waals surface area contributed by atoms with Gasteiger partial charge in [0.2, 0.25) is 0 Å². The molecular formula is C17H22FN3. The molecule has 0 aliphatic carbocycles. The Morgan fingerprint density at radius 1 is 1.38 bits per heavy atom. The molecule has 1 aliphatic rings.